The number of amides is 2. The lowest BCUT2D eigenvalue weighted by molar-refractivity contribution is -0.122. The van der Waals surface area contributed by atoms with Gasteiger partial charge in [-0.15, -0.1) is 0 Å². The highest BCUT2D eigenvalue weighted by molar-refractivity contribution is 9.10. The van der Waals surface area contributed by atoms with Gasteiger partial charge in [0.2, 0.25) is 5.91 Å². The maximum atomic E-state index is 12.5. The number of hydrogen-bond donors (Lipinski definition) is 2. The Morgan fingerprint density at radius 3 is 2.90 bits per heavy atom. The smallest absolute Gasteiger partial charge is 0.408 e. The summed E-state index contributed by atoms with van der Waals surface area (Å²) in [5.41, 5.74) is 0.844. The fourth-order valence-electron chi connectivity index (χ4n) is 3.42. The first-order valence-corrected chi connectivity index (χ1v) is 7.72. The first-order chi connectivity index (χ1) is 9.97. The molecule has 0 unspecified atom stereocenters. The van der Waals surface area contributed by atoms with Crippen LogP contribution in [0, 0.1) is 12.8 Å². The number of carbonyl (C=O) groups is 2. The van der Waals surface area contributed by atoms with Crippen LogP contribution in [0.25, 0.3) is 0 Å². The lowest BCUT2D eigenvalue weighted by Gasteiger charge is -2.31. The quantitative estimate of drug-likeness (QED) is 0.800. The second-order valence-corrected chi connectivity index (χ2v) is 6.46. The summed E-state index contributed by atoms with van der Waals surface area (Å²) in [5.74, 6) is 0.319. The molecule has 3 atom stereocenters. The van der Waals surface area contributed by atoms with Crippen molar-refractivity contribution in [1.29, 1.82) is 0 Å². The fourth-order valence-corrected chi connectivity index (χ4v) is 3.73. The maximum absolute atomic E-state index is 12.5. The molecule has 112 valence electrons. The number of halogens is 1. The molecule has 1 aliphatic heterocycles. The monoisotopic (exact) mass is 353 g/mol. The number of rotatable bonds is 2. The first-order valence-electron chi connectivity index (χ1n) is 6.92. The molecular formula is C14H16BrN3O3. The minimum absolute atomic E-state index is 0.0141. The van der Waals surface area contributed by atoms with E-state index in [0.717, 1.165) is 24.8 Å². The number of pyridine rings is 1. The highest BCUT2D eigenvalue weighted by atomic mass is 79.9. The molecule has 1 saturated carbocycles. The Morgan fingerprint density at radius 1 is 1.43 bits per heavy atom. The third kappa shape index (κ3) is 2.50. The molecule has 2 aliphatic rings. The Bertz CT molecular complexity index is 607. The number of hydrogen-bond acceptors (Lipinski definition) is 3. The van der Waals surface area contributed by atoms with Crippen molar-refractivity contribution in [3.63, 3.8) is 0 Å². The third-order valence-corrected chi connectivity index (χ3v) is 4.82. The zero-order valence-electron chi connectivity index (χ0n) is 11.5. The number of anilines is 1. The van der Waals surface area contributed by atoms with Crippen molar-refractivity contribution in [2.24, 2.45) is 5.92 Å². The molecule has 1 aromatic rings. The van der Waals surface area contributed by atoms with Crippen LogP contribution in [0.3, 0.4) is 0 Å². The van der Waals surface area contributed by atoms with Gasteiger partial charge < -0.3 is 10.4 Å². The van der Waals surface area contributed by atoms with Crippen molar-refractivity contribution < 1.29 is 14.7 Å². The van der Waals surface area contributed by atoms with Crippen molar-refractivity contribution in [2.75, 3.05) is 5.32 Å². The summed E-state index contributed by atoms with van der Waals surface area (Å²) in [6.07, 6.45) is 1.54. The Hall–Kier alpha value is -1.63. The summed E-state index contributed by atoms with van der Waals surface area (Å²) < 4.78 is 0.631. The standard InChI is InChI=1S/C14H16BrN3O3/c1-7-2-5-10(15)16-12(7)17-13(19)11-8-3-4-9(6-8)18(11)14(20)21/h2,5,8-9,11H,3-4,6H2,1H3,(H,20,21)(H,16,17,19)/t8-,9+,11+/m1/s1. The fraction of sp³-hybridized carbons (Fsp3) is 0.500. The van der Waals surface area contributed by atoms with Crippen molar-refractivity contribution >= 4 is 33.7 Å². The van der Waals surface area contributed by atoms with Crippen LogP contribution >= 0.6 is 15.9 Å². The van der Waals surface area contributed by atoms with Crippen molar-refractivity contribution in [1.82, 2.24) is 9.88 Å². The molecular weight excluding hydrogens is 338 g/mol. The van der Waals surface area contributed by atoms with E-state index in [4.69, 9.17) is 0 Å². The van der Waals surface area contributed by atoms with Gasteiger partial charge in [0.05, 0.1) is 0 Å². The van der Waals surface area contributed by atoms with E-state index in [1.165, 1.54) is 4.90 Å². The zero-order chi connectivity index (χ0) is 15.1. The SMILES string of the molecule is Cc1ccc(Br)nc1NC(=O)[C@@H]1[C@@H]2CC[C@@H](C2)N1C(=O)O. The second kappa shape index (κ2) is 5.29. The van der Waals surface area contributed by atoms with Crippen LogP contribution in [0.4, 0.5) is 10.6 Å². The van der Waals surface area contributed by atoms with Crippen LogP contribution in [-0.4, -0.2) is 39.1 Å². The van der Waals surface area contributed by atoms with Gasteiger partial charge in [0.25, 0.3) is 0 Å². The molecule has 2 N–H and O–H groups in total. The summed E-state index contributed by atoms with van der Waals surface area (Å²) in [4.78, 5) is 29.5. The van der Waals surface area contributed by atoms with Gasteiger partial charge in [-0.3, -0.25) is 9.69 Å². The van der Waals surface area contributed by atoms with Crippen LogP contribution < -0.4 is 5.32 Å². The normalized spacial score (nSPS) is 27.0. The minimum atomic E-state index is -1.01. The third-order valence-electron chi connectivity index (χ3n) is 4.38. The molecule has 21 heavy (non-hydrogen) atoms. The summed E-state index contributed by atoms with van der Waals surface area (Å²) in [6.45, 7) is 1.85. The van der Waals surface area contributed by atoms with E-state index in [2.05, 4.69) is 26.2 Å². The Morgan fingerprint density at radius 2 is 2.19 bits per heavy atom. The summed E-state index contributed by atoms with van der Waals surface area (Å²) >= 11 is 3.27. The van der Waals surface area contributed by atoms with Gasteiger partial charge in [-0.2, -0.15) is 0 Å². The van der Waals surface area contributed by atoms with E-state index in [9.17, 15) is 14.7 Å². The molecule has 0 spiro atoms. The number of aromatic nitrogens is 1. The zero-order valence-corrected chi connectivity index (χ0v) is 13.1. The molecule has 7 heteroatoms. The van der Waals surface area contributed by atoms with Gasteiger partial charge in [0.1, 0.15) is 16.5 Å². The van der Waals surface area contributed by atoms with E-state index in [0.29, 0.717) is 10.4 Å². The molecule has 0 aromatic carbocycles. The van der Waals surface area contributed by atoms with Gasteiger partial charge in [-0.1, -0.05) is 6.07 Å². The Labute approximate surface area is 130 Å². The predicted octanol–water partition coefficient (Wildman–Crippen LogP) is 2.62. The van der Waals surface area contributed by atoms with Crippen molar-refractivity contribution in [2.45, 2.75) is 38.3 Å². The molecule has 2 bridgehead atoms. The molecule has 2 heterocycles. The average molecular weight is 354 g/mol. The van der Waals surface area contributed by atoms with Crippen LogP contribution in [0.5, 0.6) is 0 Å². The summed E-state index contributed by atoms with van der Waals surface area (Å²) in [5, 5.41) is 12.1. The van der Waals surface area contributed by atoms with Crippen LogP contribution in [-0.2, 0) is 4.79 Å². The topological polar surface area (TPSA) is 82.5 Å². The number of nitrogens with zero attached hydrogens (tertiary/aromatic N) is 2. The lowest BCUT2D eigenvalue weighted by atomic mass is 9.98. The minimum Gasteiger partial charge on any atom is -0.465 e. The number of likely N-dealkylation sites (tertiary alicyclic amines) is 1. The number of fused-ring (bicyclic) bond motifs is 2. The molecule has 2 amide bonds. The first kappa shape index (κ1) is 14.3. The van der Waals surface area contributed by atoms with Gasteiger partial charge in [0.15, 0.2) is 0 Å². The molecule has 2 fully saturated rings. The van der Waals surface area contributed by atoms with Crippen molar-refractivity contribution in [3.05, 3.63) is 22.3 Å². The molecule has 1 aromatic heterocycles. The van der Waals surface area contributed by atoms with Crippen LogP contribution in [0.15, 0.2) is 16.7 Å². The molecule has 1 saturated heterocycles. The molecule has 1 aliphatic carbocycles. The molecule has 6 nitrogen and oxygen atoms in total. The average Bonchev–Trinajstić information content (AvgIpc) is 3.03. The molecule has 3 rings (SSSR count). The Balaban J connectivity index is 1.81. The number of piperidine rings is 1. The van der Waals surface area contributed by atoms with Gasteiger partial charge >= 0.3 is 6.09 Å². The second-order valence-electron chi connectivity index (χ2n) is 5.65. The number of carboxylic acid groups (broad SMARTS) is 1. The van der Waals surface area contributed by atoms with E-state index < -0.39 is 12.1 Å². The van der Waals surface area contributed by atoms with E-state index in [1.807, 2.05) is 13.0 Å². The number of aryl methyl sites for hydroxylation is 1. The maximum Gasteiger partial charge on any atom is 0.408 e. The Kier molecular flexibility index (Phi) is 3.61. The van der Waals surface area contributed by atoms with Crippen LogP contribution in [0.2, 0.25) is 0 Å². The van der Waals surface area contributed by atoms with E-state index in [-0.39, 0.29) is 17.9 Å². The van der Waals surface area contributed by atoms with Crippen LogP contribution in [0.1, 0.15) is 24.8 Å². The van der Waals surface area contributed by atoms with Crippen molar-refractivity contribution in [3.8, 4) is 0 Å². The largest absolute Gasteiger partial charge is 0.465 e. The highest BCUT2D eigenvalue weighted by Crippen LogP contribution is 2.42. The van der Waals surface area contributed by atoms with E-state index >= 15 is 0 Å². The molecule has 0 radical (unpaired) electrons. The van der Waals surface area contributed by atoms with Gasteiger partial charge in [-0.05, 0) is 59.7 Å². The summed E-state index contributed by atoms with van der Waals surface area (Å²) in [7, 11) is 0. The van der Waals surface area contributed by atoms with E-state index in [1.54, 1.807) is 6.07 Å². The van der Waals surface area contributed by atoms with Gasteiger partial charge in [0, 0.05) is 6.04 Å². The number of carbonyl (C=O) groups excluding carboxylic acids is 1. The lowest BCUT2D eigenvalue weighted by Crippen LogP contribution is -2.50. The highest BCUT2D eigenvalue weighted by Gasteiger charge is 2.51. The summed E-state index contributed by atoms with van der Waals surface area (Å²) in [6, 6.07) is 3.04. The number of nitrogens with one attached hydrogen (secondary N) is 1. The van der Waals surface area contributed by atoms with Gasteiger partial charge in [-0.25, -0.2) is 9.78 Å². The predicted molar refractivity (Wildman–Crippen MR) is 80.1 cm³/mol.